The molecule has 2 heterocycles. The first kappa shape index (κ1) is 23.6. The number of amides is 2. The lowest BCUT2D eigenvalue weighted by Crippen LogP contribution is -2.56. The van der Waals surface area contributed by atoms with Gasteiger partial charge in [-0.1, -0.05) is 30.3 Å². The first-order valence-corrected chi connectivity index (χ1v) is 13.4. The number of benzene rings is 2. The maximum atomic E-state index is 13.5. The summed E-state index contributed by atoms with van der Waals surface area (Å²) in [5.74, 6) is 0.860. The molecule has 1 N–H and O–H groups in total. The van der Waals surface area contributed by atoms with E-state index in [0.29, 0.717) is 50.9 Å². The standard InChI is InChI=1S/C25H29N3O6S/c29-24(19-6-7-19)27-10-12-28(13-11-27)25(30)21(16-18-4-2-1-3-5-18)26-35(31,32)20-8-9-22-23(17-20)34-15-14-33-22/h1-5,8-9,17,19,21,26H,6-7,10-16H2. The van der Waals surface area contributed by atoms with Crippen molar-refractivity contribution in [2.45, 2.75) is 30.2 Å². The van der Waals surface area contributed by atoms with Gasteiger partial charge in [0, 0.05) is 38.2 Å². The first-order chi connectivity index (χ1) is 16.9. The number of ether oxygens (including phenoxy) is 2. The van der Waals surface area contributed by atoms with E-state index in [9.17, 15) is 18.0 Å². The Bertz CT molecular complexity index is 1190. The van der Waals surface area contributed by atoms with Crippen LogP contribution in [0.1, 0.15) is 18.4 Å². The molecule has 0 bridgehead atoms. The van der Waals surface area contributed by atoms with Crippen LogP contribution < -0.4 is 14.2 Å². The van der Waals surface area contributed by atoms with Gasteiger partial charge in [-0.15, -0.1) is 0 Å². The molecular weight excluding hydrogens is 470 g/mol. The van der Waals surface area contributed by atoms with Crippen molar-refractivity contribution in [3.05, 3.63) is 54.1 Å². The van der Waals surface area contributed by atoms with Gasteiger partial charge in [0.05, 0.1) is 4.90 Å². The number of nitrogens with zero attached hydrogens (tertiary/aromatic N) is 2. The molecule has 1 aliphatic carbocycles. The predicted molar refractivity (Wildman–Crippen MR) is 128 cm³/mol. The molecule has 1 saturated heterocycles. The van der Waals surface area contributed by atoms with Crippen LogP contribution in [0.25, 0.3) is 0 Å². The summed E-state index contributed by atoms with van der Waals surface area (Å²) < 4.78 is 40.2. The summed E-state index contributed by atoms with van der Waals surface area (Å²) in [5.41, 5.74) is 0.846. The Morgan fingerprint density at radius 2 is 1.57 bits per heavy atom. The van der Waals surface area contributed by atoms with E-state index in [1.54, 1.807) is 11.0 Å². The van der Waals surface area contributed by atoms with Gasteiger partial charge in [0.25, 0.3) is 0 Å². The SMILES string of the molecule is O=C(C1CC1)N1CCN(C(=O)C(Cc2ccccc2)NS(=O)(=O)c2ccc3c(c2)OCCO3)CC1. The molecule has 2 aromatic rings. The zero-order valence-electron chi connectivity index (χ0n) is 19.4. The quantitative estimate of drug-likeness (QED) is 0.618. The molecule has 35 heavy (non-hydrogen) atoms. The highest BCUT2D eigenvalue weighted by Crippen LogP contribution is 2.33. The van der Waals surface area contributed by atoms with Crippen molar-refractivity contribution in [3.8, 4) is 11.5 Å². The van der Waals surface area contributed by atoms with Gasteiger partial charge in [-0.25, -0.2) is 8.42 Å². The Hall–Kier alpha value is -3.11. The van der Waals surface area contributed by atoms with Gasteiger partial charge in [-0.05, 0) is 37.0 Å². The van der Waals surface area contributed by atoms with Crippen LogP contribution in [-0.4, -0.2) is 75.5 Å². The fourth-order valence-corrected chi connectivity index (χ4v) is 5.64. The summed E-state index contributed by atoms with van der Waals surface area (Å²) in [7, 11) is -4.02. The highest BCUT2D eigenvalue weighted by molar-refractivity contribution is 7.89. The Labute approximate surface area is 205 Å². The maximum Gasteiger partial charge on any atom is 0.241 e. The molecule has 5 rings (SSSR count). The molecule has 0 spiro atoms. The molecule has 10 heteroatoms. The first-order valence-electron chi connectivity index (χ1n) is 11.9. The lowest BCUT2D eigenvalue weighted by Gasteiger charge is -2.36. The van der Waals surface area contributed by atoms with Crippen molar-refractivity contribution in [1.82, 2.24) is 14.5 Å². The molecule has 0 aromatic heterocycles. The summed E-state index contributed by atoms with van der Waals surface area (Å²) in [6, 6.07) is 12.8. The number of fused-ring (bicyclic) bond motifs is 1. The van der Waals surface area contributed by atoms with Crippen molar-refractivity contribution in [3.63, 3.8) is 0 Å². The van der Waals surface area contributed by atoms with Crippen molar-refractivity contribution in [2.75, 3.05) is 39.4 Å². The highest BCUT2D eigenvalue weighted by Gasteiger charge is 2.37. The highest BCUT2D eigenvalue weighted by atomic mass is 32.2. The second-order valence-electron chi connectivity index (χ2n) is 9.09. The van der Waals surface area contributed by atoms with Crippen molar-refractivity contribution >= 4 is 21.8 Å². The Morgan fingerprint density at radius 1 is 0.914 bits per heavy atom. The van der Waals surface area contributed by atoms with Crippen LogP contribution in [0, 0.1) is 5.92 Å². The minimum Gasteiger partial charge on any atom is -0.486 e. The maximum absolute atomic E-state index is 13.5. The lowest BCUT2D eigenvalue weighted by molar-refractivity contribution is -0.141. The van der Waals surface area contributed by atoms with E-state index in [-0.39, 0.29) is 29.0 Å². The van der Waals surface area contributed by atoms with E-state index in [2.05, 4.69) is 4.72 Å². The van der Waals surface area contributed by atoms with Gasteiger partial charge in [0.15, 0.2) is 11.5 Å². The monoisotopic (exact) mass is 499 g/mol. The fourth-order valence-electron chi connectivity index (χ4n) is 4.43. The molecule has 2 aromatic carbocycles. The number of rotatable bonds is 7. The van der Waals surface area contributed by atoms with E-state index in [1.165, 1.54) is 12.1 Å². The number of hydrogen-bond acceptors (Lipinski definition) is 6. The normalized spacial score (nSPS) is 18.7. The summed E-state index contributed by atoms with van der Waals surface area (Å²) in [5, 5.41) is 0. The van der Waals surface area contributed by atoms with E-state index in [0.717, 1.165) is 18.4 Å². The van der Waals surface area contributed by atoms with Gasteiger partial charge in [-0.3, -0.25) is 9.59 Å². The number of carbonyl (C=O) groups excluding carboxylic acids is 2. The predicted octanol–water partition coefficient (Wildman–Crippen LogP) is 1.43. The van der Waals surface area contributed by atoms with Crippen LogP contribution >= 0.6 is 0 Å². The Balaban J connectivity index is 1.33. The number of nitrogens with one attached hydrogen (secondary N) is 1. The van der Waals surface area contributed by atoms with Crippen molar-refractivity contribution < 1.29 is 27.5 Å². The molecule has 9 nitrogen and oxygen atoms in total. The van der Waals surface area contributed by atoms with Crippen LogP contribution in [0.3, 0.4) is 0 Å². The number of piperazine rings is 1. The third-order valence-corrected chi connectivity index (χ3v) is 8.00. The second-order valence-corrected chi connectivity index (χ2v) is 10.8. The molecule has 1 unspecified atom stereocenters. The zero-order valence-corrected chi connectivity index (χ0v) is 20.2. The van der Waals surface area contributed by atoms with E-state index in [1.807, 2.05) is 35.2 Å². The van der Waals surface area contributed by atoms with E-state index >= 15 is 0 Å². The number of hydrogen-bond donors (Lipinski definition) is 1. The molecule has 3 aliphatic rings. The van der Waals surface area contributed by atoms with Gasteiger partial charge >= 0.3 is 0 Å². The summed E-state index contributed by atoms with van der Waals surface area (Å²) in [6.07, 6.45) is 2.10. The third-order valence-electron chi connectivity index (χ3n) is 6.53. The Kier molecular flexibility index (Phi) is 6.66. The topological polar surface area (TPSA) is 105 Å². The number of sulfonamides is 1. The molecule has 2 fully saturated rings. The number of carbonyl (C=O) groups is 2. The summed E-state index contributed by atoms with van der Waals surface area (Å²) in [6.45, 7) is 2.45. The average Bonchev–Trinajstić information content (AvgIpc) is 3.73. The van der Waals surface area contributed by atoms with Gasteiger partial charge in [-0.2, -0.15) is 4.72 Å². The van der Waals surface area contributed by atoms with Crippen LogP contribution in [0.15, 0.2) is 53.4 Å². The Morgan fingerprint density at radius 3 is 2.26 bits per heavy atom. The molecular formula is C25H29N3O6S. The molecule has 1 saturated carbocycles. The minimum absolute atomic E-state index is 0.00691. The second kappa shape index (κ2) is 9.87. The minimum atomic E-state index is -4.02. The average molecular weight is 500 g/mol. The third kappa shape index (κ3) is 5.43. The van der Waals surface area contributed by atoms with Crippen LogP contribution in [0.5, 0.6) is 11.5 Å². The molecule has 2 aliphatic heterocycles. The zero-order chi connectivity index (χ0) is 24.4. The van der Waals surface area contributed by atoms with Crippen LogP contribution in [0.4, 0.5) is 0 Å². The van der Waals surface area contributed by atoms with Gasteiger partial charge < -0.3 is 19.3 Å². The van der Waals surface area contributed by atoms with Crippen molar-refractivity contribution in [2.24, 2.45) is 5.92 Å². The molecule has 0 radical (unpaired) electrons. The van der Waals surface area contributed by atoms with Gasteiger partial charge in [0.1, 0.15) is 19.3 Å². The van der Waals surface area contributed by atoms with Gasteiger partial charge in [0.2, 0.25) is 21.8 Å². The fraction of sp³-hybridized carbons (Fsp3) is 0.440. The lowest BCUT2D eigenvalue weighted by atomic mass is 10.1. The van der Waals surface area contributed by atoms with E-state index in [4.69, 9.17) is 9.47 Å². The smallest absolute Gasteiger partial charge is 0.241 e. The van der Waals surface area contributed by atoms with E-state index < -0.39 is 16.1 Å². The largest absolute Gasteiger partial charge is 0.486 e. The van der Waals surface area contributed by atoms with Crippen LogP contribution in [0.2, 0.25) is 0 Å². The van der Waals surface area contributed by atoms with Crippen LogP contribution in [-0.2, 0) is 26.0 Å². The molecule has 2 amide bonds. The van der Waals surface area contributed by atoms with Crippen molar-refractivity contribution in [1.29, 1.82) is 0 Å². The molecule has 1 atom stereocenters. The molecule has 186 valence electrons. The summed E-state index contributed by atoms with van der Waals surface area (Å²) in [4.78, 5) is 29.4. The summed E-state index contributed by atoms with van der Waals surface area (Å²) >= 11 is 0.